The Hall–Kier alpha value is -2.20. The molecule has 1 aromatic carbocycles. The lowest BCUT2D eigenvalue weighted by Crippen LogP contribution is -2.42. The highest BCUT2D eigenvalue weighted by molar-refractivity contribution is 5.94. The third-order valence-corrected chi connectivity index (χ3v) is 5.79. The van der Waals surface area contributed by atoms with Gasteiger partial charge in [0.25, 0.3) is 5.91 Å². The molecule has 0 N–H and O–H groups in total. The Bertz CT molecular complexity index is 750. The molecule has 1 aromatic heterocycles. The van der Waals surface area contributed by atoms with Gasteiger partial charge in [-0.25, -0.2) is 0 Å². The van der Waals surface area contributed by atoms with Gasteiger partial charge < -0.3 is 4.90 Å². The van der Waals surface area contributed by atoms with Crippen LogP contribution in [0.5, 0.6) is 0 Å². The lowest BCUT2D eigenvalue weighted by atomic mass is 9.91. The number of hydrogen-bond donors (Lipinski definition) is 0. The number of benzene rings is 1. The van der Waals surface area contributed by atoms with E-state index < -0.39 is 0 Å². The van der Waals surface area contributed by atoms with Crippen LogP contribution in [0.2, 0.25) is 0 Å². The van der Waals surface area contributed by atoms with Crippen molar-refractivity contribution < 1.29 is 4.79 Å². The van der Waals surface area contributed by atoms with Crippen molar-refractivity contribution in [2.24, 2.45) is 0 Å². The summed E-state index contributed by atoms with van der Waals surface area (Å²) in [4.78, 5) is 21.9. The van der Waals surface area contributed by atoms with Crippen LogP contribution in [-0.2, 0) is 0 Å². The van der Waals surface area contributed by atoms with E-state index in [0.717, 1.165) is 61.0 Å². The first-order chi connectivity index (χ1) is 12.7. The van der Waals surface area contributed by atoms with Crippen LogP contribution in [0.4, 0.5) is 0 Å². The van der Waals surface area contributed by atoms with Crippen LogP contribution in [0.15, 0.2) is 42.6 Å². The summed E-state index contributed by atoms with van der Waals surface area (Å²) in [5.74, 6) is 0.161. The number of hydrogen-bond acceptors (Lipinski definition) is 3. The predicted molar refractivity (Wildman–Crippen MR) is 104 cm³/mol. The molecule has 1 saturated heterocycles. The van der Waals surface area contributed by atoms with Crippen LogP contribution < -0.4 is 0 Å². The maximum absolute atomic E-state index is 12.9. The van der Waals surface area contributed by atoms with Gasteiger partial charge in [0.1, 0.15) is 0 Å². The summed E-state index contributed by atoms with van der Waals surface area (Å²) in [5.41, 5.74) is 3.98. The van der Waals surface area contributed by atoms with Crippen molar-refractivity contribution in [2.45, 2.75) is 38.6 Å². The summed E-state index contributed by atoms with van der Waals surface area (Å²) in [7, 11) is 0. The first kappa shape index (κ1) is 17.2. The van der Waals surface area contributed by atoms with E-state index in [1.807, 2.05) is 48.4 Å². The number of aromatic nitrogens is 1. The van der Waals surface area contributed by atoms with E-state index >= 15 is 0 Å². The van der Waals surface area contributed by atoms with E-state index in [-0.39, 0.29) is 5.91 Å². The molecule has 1 saturated carbocycles. The molecule has 2 aromatic rings. The van der Waals surface area contributed by atoms with Crippen molar-refractivity contribution in [2.75, 3.05) is 26.2 Å². The van der Waals surface area contributed by atoms with Gasteiger partial charge in [-0.3, -0.25) is 14.7 Å². The molecule has 1 aliphatic carbocycles. The topological polar surface area (TPSA) is 36.4 Å². The molecule has 1 amide bonds. The van der Waals surface area contributed by atoms with E-state index in [1.165, 1.54) is 19.3 Å². The second kappa shape index (κ2) is 7.58. The lowest BCUT2D eigenvalue weighted by molar-refractivity contribution is 0.0749. The maximum atomic E-state index is 12.9. The average Bonchev–Trinajstić information content (AvgIpc) is 2.87. The third kappa shape index (κ3) is 3.65. The van der Waals surface area contributed by atoms with Crippen molar-refractivity contribution in [3.8, 4) is 11.1 Å². The molecule has 2 heterocycles. The number of carbonyl (C=O) groups is 1. The summed E-state index contributed by atoms with van der Waals surface area (Å²) in [5, 5.41) is 0. The standard InChI is InChI=1S/C22H27N3O/c1-17-6-7-20(16-23-17)18-8-10-19(11-9-18)22(26)25-13-3-12-24(14-15-25)21-4-2-5-21/h6-11,16,21H,2-5,12-15H2,1H3. The molecule has 2 fully saturated rings. The summed E-state index contributed by atoms with van der Waals surface area (Å²) in [6.45, 7) is 5.85. The Morgan fingerprint density at radius 3 is 2.35 bits per heavy atom. The quantitative estimate of drug-likeness (QED) is 0.847. The molecule has 136 valence electrons. The molecular formula is C22H27N3O. The van der Waals surface area contributed by atoms with Gasteiger partial charge in [0.05, 0.1) is 0 Å². The minimum atomic E-state index is 0.161. The van der Waals surface area contributed by atoms with Crippen molar-refractivity contribution in [1.29, 1.82) is 0 Å². The summed E-state index contributed by atoms with van der Waals surface area (Å²) >= 11 is 0. The SMILES string of the molecule is Cc1ccc(-c2ccc(C(=O)N3CCCN(C4CCC4)CC3)cc2)cn1. The summed E-state index contributed by atoms with van der Waals surface area (Å²) < 4.78 is 0. The first-order valence-electron chi connectivity index (χ1n) is 9.77. The fourth-order valence-corrected chi connectivity index (χ4v) is 3.88. The van der Waals surface area contributed by atoms with Crippen LogP contribution in [0, 0.1) is 6.92 Å². The van der Waals surface area contributed by atoms with E-state index in [9.17, 15) is 4.79 Å². The third-order valence-electron chi connectivity index (χ3n) is 5.79. The van der Waals surface area contributed by atoms with Crippen molar-refractivity contribution in [1.82, 2.24) is 14.8 Å². The van der Waals surface area contributed by atoms with E-state index in [4.69, 9.17) is 0 Å². The Balaban J connectivity index is 1.42. The van der Waals surface area contributed by atoms with E-state index in [1.54, 1.807) is 0 Å². The normalized spacial score (nSPS) is 19.0. The Kier molecular flexibility index (Phi) is 5.02. The fourth-order valence-electron chi connectivity index (χ4n) is 3.88. The van der Waals surface area contributed by atoms with Crippen molar-refractivity contribution >= 4 is 5.91 Å². The van der Waals surface area contributed by atoms with Gasteiger partial charge in [0.15, 0.2) is 0 Å². The summed E-state index contributed by atoms with van der Waals surface area (Å²) in [6.07, 6.45) is 7.00. The zero-order valence-electron chi connectivity index (χ0n) is 15.5. The van der Waals surface area contributed by atoms with Gasteiger partial charge in [0, 0.05) is 55.2 Å². The lowest BCUT2D eigenvalue weighted by Gasteiger charge is -2.36. The number of nitrogens with zero attached hydrogens (tertiary/aromatic N) is 3. The zero-order chi connectivity index (χ0) is 17.9. The molecule has 0 atom stereocenters. The van der Waals surface area contributed by atoms with E-state index in [2.05, 4.69) is 16.0 Å². The van der Waals surface area contributed by atoms with Gasteiger partial charge >= 0.3 is 0 Å². The second-order valence-electron chi connectivity index (χ2n) is 7.53. The summed E-state index contributed by atoms with van der Waals surface area (Å²) in [6, 6.07) is 12.8. The first-order valence-corrected chi connectivity index (χ1v) is 9.77. The van der Waals surface area contributed by atoms with Crippen LogP contribution in [-0.4, -0.2) is 52.9 Å². The molecule has 0 bridgehead atoms. The maximum Gasteiger partial charge on any atom is 0.253 e. The highest BCUT2D eigenvalue weighted by atomic mass is 16.2. The molecule has 4 rings (SSSR count). The Morgan fingerprint density at radius 2 is 1.69 bits per heavy atom. The Labute approximate surface area is 155 Å². The highest BCUT2D eigenvalue weighted by Crippen LogP contribution is 2.26. The molecular weight excluding hydrogens is 322 g/mol. The van der Waals surface area contributed by atoms with Gasteiger partial charge in [-0.15, -0.1) is 0 Å². The van der Waals surface area contributed by atoms with Gasteiger partial charge in [-0.05, 0) is 49.9 Å². The van der Waals surface area contributed by atoms with Crippen LogP contribution in [0.25, 0.3) is 11.1 Å². The molecule has 2 aliphatic rings. The molecule has 4 nitrogen and oxygen atoms in total. The second-order valence-corrected chi connectivity index (χ2v) is 7.53. The molecule has 26 heavy (non-hydrogen) atoms. The number of carbonyl (C=O) groups excluding carboxylic acids is 1. The minimum Gasteiger partial charge on any atom is -0.337 e. The smallest absolute Gasteiger partial charge is 0.253 e. The van der Waals surface area contributed by atoms with Gasteiger partial charge in [-0.1, -0.05) is 24.6 Å². The number of amides is 1. The highest BCUT2D eigenvalue weighted by Gasteiger charge is 2.27. The number of aryl methyl sites for hydroxylation is 1. The largest absolute Gasteiger partial charge is 0.337 e. The number of pyridine rings is 1. The molecule has 0 unspecified atom stereocenters. The van der Waals surface area contributed by atoms with Crippen LogP contribution in [0.3, 0.4) is 0 Å². The van der Waals surface area contributed by atoms with Gasteiger partial charge in [-0.2, -0.15) is 0 Å². The minimum absolute atomic E-state index is 0.161. The van der Waals surface area contributed by atoms with Crippen molar-refractivity contribution in [3.63, 3.8) is 0 Å². The molecule has 1 aliphatic heterocycles. The van der Waals surface area contributed by atoms with Crippen molar-refractivity contribution in [3.05, 3.63) is 53.9 Å². The average molecular weight is 349 g/mol. The molecule has 4 heteroatoms. The van der Waals surface area contributed by atoms with Crippen LogP contribution >= 0.6 is 0 Å². The van der Waals surface area contributed by atoms with Gasteiger partial charge in [0.2, 0.25) is 0 Å². The Morgan fingerprint density at radius 1 is 0.923 bits per heavy atom. The number of rotatable bonds is 3. The zero-order valence-corrected chi connectivity index (χ0v) is 15.5. The van der Waals surface area contributed by atoms with E-state index in [0.29, 0.717) is 0 Å². The molecule has 0 spiro atoms. The monoisotopic (exact) mass is 349 g/mol. The predicted octanol–water partition coefficient (Wildman–Crippen LogP) is 3.76. The van der Waals surface area contributed by atoms with Crippen LogP contribution in [0.1, 0.15) is 41.7 Å². The molecule has 0 radical (unpaired) electrons. The fraction of sp³-hybridized carbons (Fsp3) is 0.455.